The molecule has 0 aromatic heterocycles. The highest BCUT2D eigenvalue weighted by Gasteiger charge is 2.32. The Morgan fingerprint density at radius 3 is 2.67 bits per heavy atom. The number of benzene rings is 1. The van der Waals surface area contributed by atoms with Crippen LogP contribution < -0.4 is 5.32 Å². The van der Waals surface area contributed by atoms with Crippen molar-refractivity contribution in [1.82, 2.24) is 10.2 Å². The number of nitrogens with zero attached hydrogens (tertiary/aromatic N) is 1. The summed E-state index contributed by atoms with van der Waals surface area (Å²) < 4.78 is 0. The van der Waals surface area contributed by atoms with Crippen LogP contribution >= 0.6 is 0 Å². The zero-order valence-corrected chi connectivity index (χ0v) is 10.9. The van der Waals surface area contributed by atoms with Gasteiger partial charge in [0, 0.05) is 25.2 Å². The molecule has 1 heterocycles. The Labute approximate surface area is 108 Å². The van der Waals surface area contributed by atoms with Gasteiger partial charge in [0.15, 0.2) is 0 Å². The molecule has 1 amide bonds. The van der Waals surface area contributed by atoms with Crippen molar-refractivity contribution in [2.45, 2.75) is 25.8 Å². The van der Waals surface area contributed by atoms with Gasteiger partial charge in [-0.3, -0.25) is 4.79 Å². The molecule has 0 atom stereocenters. The van der Waals surface area contributed by atoms with Gasteiger partial charge in [-0.05, 0) is 31.5 Å². The zero-order chi connectivity index (χ0) is 13.2. The molecule has 1 fully saturated rings. The fraction of sp³-hybridized carbons (Fsp3) is 0.500. The molecule has 1 aromatic carbocycles. The molecule has 1 saturated heterocycles. The lowest BCUT2D eigenvalue weighted by atomic mass is 9.99. The van der Waals surface area contributed by atoms with Crippen LogP contribution in [0.1, 0.15) is 19.4 Å². The van der Waals surface area contributed by atoms with Gasteiger partial charge in [0.05, 0.1) is 6.42 Å². The summed E-state index contributed by atoms with van der Waals surface area (Å²) >= 11 is 0. The predicted octanol–water partition coefficient (Wildman–Crippen LogP) is 1.15. The third-order valence-electron chi connectivity index (χ3n) is 3.39. The van der Waals surface area contributed by atoms with Crippen LogP contribution in [0.3, 0.4) is 0 Å². The lowest BCUT2D eigenvalue weighted by Gasteiger charge is -2.43. The molecule has 1 aromatic rings. The number of nitrogens with one attached hydrogen (secondary N) is 1. The Bertz CT molecular complexity index is 426. The average molecular weight is 248 g/mol. The fourth-order valence-corrected chi connectivity index (χ4v) is 2.33. The first kappa shape index (κ1) is 12.9. The summed E-state index contributed by atoms with van der Waals surface area (Å²) in [5, 5.41) is 12.5. The van der Waals surface area contributed by atoms with Crippen LogP contribution in [-0.2, 0) is 11.2 Å². The zero-order valence-electron chi connectivity index (χ0n) is 10.9. The van der Waals surface area contributed by atoms with Crippen LogP contribution in [-0.4, -0.2) is 41.1 Å². The average Bonchev–Trinajstić information content (AvgIpc) is 2.31. The van der Waals surface area contributed by atoms with E-state index >= 15 is 0 Å². The highest BCUT2D eigenvalue weighted by atomic mass is 16.3. The SMILES string of the molecule is CC1(C)CNCCN1C(=O)Cc1ccc(O)cc1. The summed E-state index contributed by atoms with van der Waals surface area (Å²) in [6, 6.07) is 6.82. The van der Waals surface area contributed by atoms with Gasteiger partial charge in [0.1, 0.15) is 5.75 Å². The van der Waals surface area contributed by atoms with Crippen LogP contribution in [0.4, 0.5) is 0 Å². The molecule has 0 bridgehead atoms. The summed E-state index contributed by atoms with van der Waals surface area (Å²) in [5.74, 6) is 0.376. The standard InChI is InChI=1S/C14H20N2O2/c1-14(2)10-15-7-8-16(14)13(18)9-11-3-5-12(17)6-4-11/h3-6,15,17H,7-10H2,1-2H3. The van der Waals surface area contributed by atoms with Gasteiger partial charge in [0.25, 0.3) is 0 Å². The van der Waals surface area contributed by atoms with Crippen molar-refractivity contribution in [2.75, 3.05) is 19.6 Å². The normalized spacial score (nSPS) is 18.7. The molecule has 1 aliphatic heterocycles. The van der Waals surface area contributed by atoms with Crippen molar-refractivity contribution in [3.05, 3.63) is 29.8 Å². The van der Waals surface area contributed by atoms with Crippen molar-refractivity contribution in [1.29, 1.82) is 0 Å². The molecular formula is C14H20N2O2. The van der Waals surface area contributed by atoms with Crippen molar-refractivity contribution >= 4 is 5.91 Å². The highest BCUT2D eigenvalue weighted by molar-refractivity contribution is 5.79. The molecular weight excluding hydrogens is 228 g/mol. The van der Waals surface area contributed by atoms with E-state index in [1.165, 1.54) is 0 Å². The molecule has 0 radical (unpaired) electrons. The predicted molar refractivity (Wildman–Crippen MR) is 70.5 cm³/mol. The van der Waals surface area contributed by atoms with Crippen LogP contribution in [0, 0.1) is 0 Å². The summed E-state index contributed by atoms with van der Waals surface area (Å²) in [7, 11) is 0. The quantitative estimate of drug-likeness (QED) is 0.825. The van der Waals surface area contributed by atoms with Gasteiger partial charge in [-0.25, -0.2) is 0 Å². The van der Waals surface area contributed by atoms with Crippen molar-refractivity contribution < 1.29 is 9.90 Å². The lowest BCUT2D eigenvalue weighted by Crippen LogP contribution is -2.60. The monoisotopic (exact) mass is 248 g/mol. The van der Waals surface area contributed by atoms with Gasteiger partial charge in [-0.15, -0.1) is 0 Å². The number of phenols is 1. The van der Waals surface area contributed by atoms with Gasteiger partial charge in [0.2, 0.25) is 5.91 Å². The van der Waals surface area contributed by atoms with Gasteiger partial charge >= 0.3 is 0 Å². The number of piperazine rings is 1. The second-order valence-corrected chi connectivity index (χ2v) is 5.38. The number of phenolic OH excluding ortho intramolecular Hbond substituents is 1. The first-order chi connectivity index (χ1) is 8.49. The summed E-state index contributed by atoms with van der Waals surface area (Å²) in [6.45, 7) is 6.59. The molecule has 1 aliphatic rings. The van der Waals surface area contributed by atoms with Crippen molar-refractivity contribution in [3.63, 3.8) is 0 Å². The molecule has 4 nitrogen and oxygen atoms in total. The van der Waals surface area contributed by atoms with E-state index in [9.17, 15) is 9.90 Å². The Balaban J connectivity index is 2.05. The van der Waals surface area contributed by atoms with E-state index in [2.05, 4.69) is 19.2 Å². The first-order valence-electron chi connectivity index (χ1n) is 6.28. The van der Waals surface area contributed by atoms with Crippen LogP contribution in [0.2, 0.25) is 0 Å². The second kappa shape index (κ2) is 4.98. The number of amides is 1. The molecule has 98 valence electrons. The molecule has 0 saturated carbocycles. The first-order valence-corrected chi connectivity index (χ1v) is 6.28. The van der Waals surface area contributed by atoms with E-state index in [0.717, 1.165) is 25.2 Å². The minimum absolute atomic E-state index is 0.133. The summed E-state index contributed by atoms with van der Waals surface area (Å²) in [6.07, 6.45) is 0.393. The number of hydrogen-bond donors (Lipinski definition) is 2. The van der Waals surface area contributed by atoms with E-state index in [4.69, 9.17) is 0 Å². The van der Waals surface area contributed by atoms with E-state index in [0.29, 0.717) is 6.42 Å². The maximum Gasteiger partial charge on any atom is 0.227 e. The molecule has 0 unspecified atom stereocenters. The van der Waals surface area contributed by atoms with E-state index in [1.807, 2.05) is 4.90 Å². The highest BCUT2D eigenvalue weighted by Crippen LogP contribution is 2.18. The Morgan fingerprint density at radius 1 is 1.39 bits per heavy atom. The number of hydrogen-bond acceptors (Lipinski definition) is 3. The Hall–Kier alpha value is -1.55. The van der Waals surface area contributed by atoms with Gasteiger partial charge in [-0.2, -0.15) is 0 Å². The topological polar surface area (TPSA) is 52.6 Å². The molecule has 0 spiro atoms. The molecule has 0 aliphatic carbocycles. The van der Waals surface area contributed by atoms with Crippen molar-refractivity contribution in [2.24, 2.45) is 0 Å². The van der Waals surface area contributed by atoms with E-state index in [1.54, 1.807) is 24.3 Å². The Kier molecular flexibility index (Phi) is 3.57. The second-order valence-electron chi connectivity index (χ2n) is 5.38. The largest absolute Gasteiger partial charge is 0.508 e. The van der Waals surface area contributed by atoms with Crippen LogP contribution in [0.25, 0.3) is 0 Å². The lowest BCUT2D eigenvalue weighted by molar-refractivity contribution is -0.136. The molecule has 2 rings (SSSR count). The minimum Gasteiger partial charge on any atom is -0.508 e. The minimum atomic E-state index is -0.133. The summed E-state index contributed by atoms with van der Waals surface area (Å²) in [5.41, 5.74) is 0.804. The van der Waals surface area contributed by atoms with Gasteiger partial charge < -0.3 is 15.3 Å². The third kappa shape index (κ3) is 2.82. The van der Waals surface area contributed by atoms with Gasteiger partial charge in [-0.1, -0.05) is 12.1 Å². The number of carbonyl (C=O) groups is 1. The number of carbonyl (C=O) groups excluding carboxylic acids is 1. The van der Waals surface area contributed by atoms with Crippen LogP contribution in [0.5, 0.6) is 5.75 Å². The number of aromatic hydroxyl groups is 1. The molecule has 2 N–H and O–H groups in total. The van der Waals surface area contributed by atoms with E-state index in [-0.39, 0.29) is 17.2 Å². The smallest absolute Gasteiger partial charge is 0.227 e. The van der Waals surface area contributed by atoms with Crippen molar-refractivity contribution in [3.8, 4) is 5.75 Å². The van der Waals surface area contributed by atoms with E-state index < -0.39 is 0 Å². The molecule has 4 heteroatoms. The fourth-order valence-electron chi connectivity index (χ4n) is 2.33. The molecule has 18 heavy (non-hydrogen) atoms. The summed E-state index contributed by atoms with van der Waals surface area (Å²) in [4.78, 5) is 14.2. The Morgan fingerprint density at radius 2 is 2.06 bits per heavy atom. The number of rotatable bonds is 2. The third-order valence-corrected chi connectivity index (χ3v) is 3.39. The maximum absolute atomic E-state index is 12.3. The van der Waals surface area contributed by atoms with Crippen LogP contribution in [0.15, 0.2) is 24.3 Å². The maximum atomic E-state index is 12.3.